The summed E-state index contributed by atoms with van der Waals surface area (Å²) in [7, 11) is 3.57. The second kappa shape index (κ2) is 22.4. The number of likely N-dealkylation sites (N-methyl/N-ethyl adjacent to an activating group) is 2. The Hall–Kier alpha value is -5.23. The summed E-state index contributed by atoms with van der Waals surface area (Å²) in [6.45, 7) is 5.66. The third-order valence-electron chi connectivity index (χ3n) is 11.4. The van der Waals surface area contributed by atoms with Gasteiger partial charge < -0.3 is 19.6 Å². The van der Waals surface area contributed by atoms with Gasteiger partial charge in [-0.05, 0) is 57.0 Å². The summed E-state index contributed by atoms with van der Waals surface area (Å²) in [4.78, 5) is 74.1. The van der Waals surface area contributed by atoms with Crippen molar-refractivity contribution in [2.24, 2.45) is 0 Å². The number of rotatable bonds is 8. The van der Waals surface area contributed by atoms with Crippen LogP contribution in [0.5, 0.6) is 0 Å². The highest BCUT2D eigenvalue weighted by Gasteiger charge is 2.42. The molecule has 2 aromatic carbocycles. The summed E-state index contributed by atoms with van der Waals surface area (Å²) in [6, 6.07) is 18.8. The molecular formula is C47H65ClN8O4. The Morgan fingerprint density at radius 1 is 0.650 bits per heavy atom. The van der Waals surface area contributed by atoms with Crippen molar-refractivity contribution in [1.29, 1.82) is 0 Å². The summed E-state index contributed by atoms with van der Waals surface area (Å²) >= 11 is 5.97. The molecule has 2 aliphatic heterocycles. The van der Waals surface area contributed by atoms with Gasteiger partial charge in [-0.25, -0.2) is 15.0 Å². The standard InChI is InChI=1S/C22H26N4O2.C14H19ClN4O.C8H8O.3CH4/c1-3-17-22(28)25(2)18-14-23-20(13-19(27)15-9-5-4-6-10-15)24-21(18)26(17)16-11-7-8-12-16;1-3-10-13(20)18(2)11-8-16-14(15)17-12(11)19(10)9-6-4-5-7-9;1-7(9)8-5-3-2-4-6-8;;;/h4-6,9-10,14,16-17H,3,7-8,11-13H2,1-2H3;8-10H,3-7H2,1-2H3;2-6H,1H3;3*1H4/t17-;10-;;;;/m11..../s1. The van der Waals surface area contributed by atoms with Crippen LogP contribution in [-0.4, -0.2) is 81.6 Å². The monoisotopic (exact) mass is 840 g/mol. The van der Waals surface area contributed by atoms with Crippen LogP contribution in [0.15, 0.2) is 73.1 Å². The number of nitrogens with zero attached hydrogens (tertiary/aromatic N) is 8. The summed E-state index contributed by atoms with van der Waals surface area (Å²) in [5.74, 6) is 2.46. The van der Waals surface area contributed by atoms with E-state index in [2.05, 4.69) is 24.8 Å². The number of aromatic nitrogens is 4. The zero-order valence-corrected chi connectivity index (χ0v) is 34.4. The molecule has 0 N–H and O–H groups in total. The molecule has 4 aromatic rings. The van der Waals surface area contributed by atoms with E-state index in [0.717, 1.165) is 67.1 Å². The van der Waals surface area contributed by atoms with Crippen molar-refractivity contribution >= 4 is 58.0 Å². The van der Waals surface area contributed by atoms with E-state index in [4.69, 9.17) is 16.6 Å². The zero-order chi connectivity index (χ0) is 40.6. The fourth-order valence-corrected chi connectivity index (χ4v) is 8.54. The molecule has 2 saturated carbocycles. The lowest BCUT2D eigenvalue weighted by Crippen LogP contribution is -2.55. The van der Waals surface area contributed by atoms with Crippen LogP contribution in [0.2, 0.25) is 5.28 Å². The number of amides is 2. The minimum absolute atomic E-state index is 0. The zero-order valence-electron chi connectivity index (χ0n) is 33.6. The van der Waals surface area contributed by atoms with Crippen LogP contribution >= 0.6 is 11.6 Å². The maximum atomic E-state index is 12.9. The topological polar surface area (TPSA) is 133 Å². The SMILES string of the molecule is C.C.C.CC(=O)c1ccccc1.CC[C@@H]1C(=O)N(C)c2cnc(CC(=O)c3ccccc3)nc2N1C1CCCC1.CC[C@@H]1C(=O)N(C)c2cnc(Cl)nc2N1C1CCCC1. The molecule has 0 saturated heterocycles. The van der Waals surface area contributed by atoms with Crippen LogP contribution in [0.25, 0.3) is 0 Å². The Balaban J connectivity index is 0.000000263. The molecule has 2 aromatic heterocycles. The number of hydrogen-bond acceptors (Lipinski definition) is 10. The molecule has 0 unspecified atom stereocenters. The fraction of sp³-hybridized carbons (Fsp3) is 0.489. The van der Waals surface area contributed by atoms with E-state index in [1.165, 1.54) is 25.7 Å². The predicted octanol–water partition coefficient (Wildman–Crippen LogP) is 9.84. The highest BCUT2D eigenvalue weighted by atomic mass is 35.5. The van der Waals surface area contributed by atoms with E-state index >= 15 is 0 Å². The summed E-state index contributed by atoms with van der Waals surface area (Å²) < 4.78 is 0. The molecule has 2 amide bonds. The Bertz CT molecular complexity index is 2040. The third-order valence-corrected chi connectivity index (χ3v) is 11.6. The van der Waals surface area contributed by atoms with Crippen molar-refractivity contribution in [2.75, 3.05) is 33.7 Å². The second-order valence-corrected chi connectivity index (χ2v) is 15.4. The van der Waals surface area contributed by atoms with Crippen molar-refractivity contribution in [1.82, 2.24) is 19.9 Å². The van der Waals surface area contributed by atoms with Gasteiger partial charge in [0.15, 0.2) is 23.2 Å². The Morgan fingerprint density at radius 2 is 1.07 bits per heavy atom. The van der Waals surface area contributed by atoms with E-state index in [0.29, 0.717) is 23.5 Å². The summed E-state index contributed by atoms with van der Waals surface area (Å²) in [5, 5.41) is 0.240. The van der Waals surface area contributed by atoms with Gasteiger partial charge in [-0.15, -0.1) is 0 Å². The fourth-order valence-electron chi connectivity index (χ4n) is 8.41. The van der Waals surface area contributed by atoms with Gasteiger partial charge in [0.2, 0.25) is 17.1 Å². The maximum absolute atomic E-state index is 12.9. The number of benzene rings is 2. The number of halogens is 1. The number of ketones is 2. The quantitative estimate of drug-likeness (QED) is 0.125. The highest BCUT2D eigenvalue weighted by molar-refractivity contribution is 6.28. The van der Waals surface area contributed by atoms with Crippen LogP contribution in [-0.2, 0) is 16.0 Å². The first-order valence-electron chi connectivity index (χ1n) is 20.2. The van der Waals surface area contributed by atoms with Crippen LogP contribution < -0.4 is 19.6 Å². The van der Waals surface area contributed by atoms with Crippen LogP contribution in [0, 0.1) is 0 Å². The molecule has 12 nitrogen and oxygen atoms in total. The van der Waals surface area contributed by atoms with Crippen LogP contribution in [0.3, 0.4) is 0 Å². The second-order valence-electron chi connectivity index (χ2n) is 15.1. The van der Waals surface area contributed by atoms with Crippen molar-refractivity contribution in [3.05, 3.63) is 95.3 Å². The summed E-state index contributed by atoms with van der Waals surface area (Å²) in [6.07, 6.45) is 14.2. The lowest BCUT2D eigenvalue weighted by molar-refractivity contribution is -0.120. The van der Waals surface area contributed by atoms with Gasteiger partial charge in [0, 0.05) is 37.3 Å². The third kappa shape index (κ3) is 10.7. The van der Waals surface area contributed by atoms with E-state index in [9.17, 15) is 19.2 Å². The molecule has 13 heteroatoms. The molecule has 0 spiro atoms. The smallest absolute Gasteiger partial charge is 0.249 e. The molecule has 0 bridgehead atoms. The minimum atomic E-state index is -0.201. The van der Waals surface area contributed by atoms with Gasteiger partial charge in [-0.3, -0.25) is 19.2 Å². The normalized spacial score (nSPS) is 18.4. The molecule has 4 aliphatic rings. The van der Waals surface area contributed by atoms with Gasteiger partial charge in [0.05, 0.1) is 18.8 Å². The van der Waals surface area contributed by atoms with Gasteiger partial charge >= 0.3 is 0 Å². The van der Waals surface area contributed by atoms with Crippen molar-refractivity contribution in [3.8, 4) is 0 Å². The Morgan fingerprint density at radius 3 is 1.48 bits per heavy atom. The van der Waals surface area contributed by atoms with E-state index in [1.54, 1.807) is 43.2 Å². The molecule has 2 aliphatic carbocycles. The largest absolute Gasteiger partial charge is 0.340 e. The molecule has 8 rings (SSSR count). The Labute approximate surface area is 362 Å². The van der Waals surface area contributed by atoms with Gasteiger partial charge in [-0.2, -0.15) is 4.98 Å². The molecule has 324 valence electrons. The van der Waals surface area contributed by atoms with E-state index in [1.807, 2.05) is 74.5 Å². The number of carbonyl (C=O) groups excluding carboxylic acids is 4. The maximum Gasteiger partial charge on any atom is 0.249 e. The van der Waals surface area contributed by atoms with E-state index in [-0.39, 0.29) is 69.4 Å². The number of fused-ring (bicyclic) bond motifs is 2. The van der Waals surface area contributed by atoms with Gasteiger partial charge in [0.1, 0.15) is 29.3 Å². The minimum Gasteiger partial charge on any atom is -0.340 e. The molecule has 4 heterocycles. The molecule has 0 radical (unpaired) electrons. The number of hydrogen-bond donors (Lipinski definition) is 0. The van der Waals surface area contributed by atoms with Crippen molar-refractivity contribution in [2.45, 2.75) is 138 Å². The lowest BCUT2D eigenvalue weighted by atomic mass is 10.0. The average Bonchev–Trinajstić information content (AvgIpc) is 3.97. The first-order valence-corrected chi connectivity index (χ1v) is 20.6. The van der Waals surface area contributed by atoms with E-state index < -0.39 is 0 Å². The predicted molar refractivity (Wildman–Crippen MR) is 245 cm³/mol. The van der Waals surface area contributed by atoms with Crippen LogP contribution in [0.1, 0.15) is 134 Å². The van der Waals surface area contributed by atoms with Gasteiger partial charge in [-0.1, -0.05) is 122 Å². The van der Waals surface area contributed by atoms with Gasteiger partial charge in [0.25, 0.3) is 0 Å². The molecular weight excluding hydrogens is 776 g/mol. The Kier molecular flexibility index (Phi) is 18.3. The van der Waals surface area contributed by atoms with Crippen molar-refractivity contribution < 1.29 is 19.2 Å². The molecule has 2 atom stereocenters. The first-order chi connectivity index (χ1) is 27.5. The molecule has 2 fully saturated rings. The van der Waals surface area contributed by atoms with Crippen molar-refractivity contribution in [3.63, 3.8) is 0 Å². The van der Waals surface area contributed by atoms with Crippen LogP contribution in [0.4, 0.5) is 23.0 Å². The number of anilines is 4. The summed E-state index contributed by atoms with van der Waals surface area (Å²) in [5.41, 5.74) is 2.93. The highest BCUT2D eigenvalue weighted by Crippen LogP contribution is 2.41. The molecule has 60 heavy (non-hydrogen) atoms. The number of carbonyl (C=O) groups is 4. The number of Topliss-reactive ketones (excluding diaryl/α,β-unsaturated/α-hetero) is 2. The lowest BCUT2D eigenvalue weighted by Gasteiger charge is -2.43. The average molecular weight is 842 g/mol. The first kappa shape index (κ1) is 49.1.